The molecule has 0 N–H and O–H groups in total. The molecule has 0 amide bonds. The van der Waals surface area contributed by atoms with Gasteiger partial charge in [0.1, 0.15) is 11.6 Å². The Kier molecular flexibility index (Phi) is 7.78. The lowest BCUT2D eigenvalue weighted by atomic mass is 10.1. The van der Waals surface area contributed by atoms with Crippen molar-refractivity contribution in [1.29, 1.82) is 5.26 Å². The third kappa shape index (κ3) is 5.69. The first-order valence-corrected chi connectivity index (χ1v) is 9.31. The van der Waals surface area contributed by atoms with Crippen molar-refractivity contribution in [2.45, 2.75) is 13.8 Å². The van der Waals surface area contributed by atoms with Crippen LogP contribution in [-0.2, 0) is 9.53 Å². The summed E-state index contributed by atoms with van der Waals surface area (Å²) in [7, 11) is 0. The van der Waals surface area contributed by atoms with Gasteiger partial charge in [0.25, 0.3) is 0 Å². The zero-order valence-corrected chi connectivity index (χ0v) is 17.0. The quantitative estimate of drug-likeness (QED) is 0.270. The minimum atomic E-state index is -0.701. The molecule has 0 fully saturated rings. The number of benzene rings is 2. The lowest BCUT2D eigenvalue weighted by molar-refractivity contribution is -0.137. The SMILES string of the molecule is CCOC(=O)C(C#N)=Cc1ccc(OC(=O)c2cccc(Br)c2)c(OCC)c1. The first kappa shape index (κ1) is 21.2. The summed E-state index contributed by atoms with van der Waals surface area (Å²) in [5.74, 6) is -0.678. The molecule has 2 rings (SSSR count). The van der Waals surface area contributed by atoms with E-state index in [-0.39, 0.29) is 17.9 Å². The van der Waals surface area contributed by atoms with E-state index < -0.39 is 11.9 Å². The molecule has 0 atom stereocenters. The van der Waals surface area contributed by atoms with E-state index in [1.807, 2.05) is 6.07 Å². The molecule has 0 unspecified atom stereocenters. The number of rotatable bonds is 7. The van der Waals surface area contributed by atoms with Crippen molar-refractivity contribution < 1.29 is 23.8 Å². The van der Waals surface area contributed by atoms with Crippen molar-refractivity contribution in [3.63, 3.8) is 0 Å². The normalized spacial score (nSPS) is 10.7. The molecule has 0 spiro atoms. The fourth-order valence-electron chi connectivity index (χ4n) is 2.25. The highest BCUT2D eigenvalue weighted by Crippen LogP contribution is 2.30. The molecule has 0 bridgehead atoms. The fraction of sp³-hybridized carbons (Fsp3) is 0.190. The Morgan fingerprint density at radius 2 is 1.89 bits per heavy atom. The number of hydrogen-bond acceptors (Lipinski definition) is 6. The number of halogens is 1. The van der Waals surface area contributed by atoms with Gasteiger partial charge in [-0.05, 0) is 55.8 Å². The van der Waals surface area contributed by atoms with Crippen molar-refractivity contribution in [2.75, 3.05) is 13.2 Å². The summed E-state index contributed by atoms with van der Waals surface area (Å²) in [5, 5.41) is 9.16. The van der Waals surface area contributed by atoms with E-state index >= 15 is 0 Å². The van der Waals surface area contributed by atoms with Gasteiger partial charge in [0, 0.05) is 4.47 Å². The first-order chi connectivity index (χ1) is 13.5. The summed E-state index contributed by atoms with van der Waals surface area (Å²) in [6.07, 6.45) is 1.39. The van der Waals surface area contributed by atoms with Gasteiger partial charge >= 0.3 is 11.9 Å². The van der Waals surface area contributed by atoms with Crippen LogP contribution in [0.5, 0.6) is 11.5 Å². The summed E-state index contributed by atoms with van der Waals surface area (Å²) in [5.41, 5.74) is 0.786. The van der Waals surface area contributed by atoms with Gasteiger partial charge in [0.2, 0.25) is 0 Å². The molecule has 0 saturated carbocycles. The van der Waals surface area contributed by atoms with E-state index in [1.165, 1.54) is 6.08 Å². The molecule has 0 heterocycles. The Hall–Kier alpha value is -3.11. The van der Waals surface area contributed by atoms with E-state index in [1.54, 1.807) is 56.3 Å². The van der Waals surface area contributed by atoms with Gasteiger partial charge in [0.15, 0.2) is 11.5 Å². The maximum Gasteiger partial charge on any atom is 0.348 e. The van der Waals surface area contributed by atoms with Crippen molar-refractivity contribution in [3.8, 4) is 17.6 Å². The molecule has 0 radical (unpaired) electrons. The van der Waals surface area contributed by atoms with E-state index in [4.69, 9.17) is 19.5 Å². The van der Waals surface area contributed by atoms with Crippen LogP contribution in [0, 0.1) is 11.3 Å². The Morgan fingerprint density at radius 3 is 2.54 bits per heavy atom. The highest BCUT2D eigenvalue weighted by Gasteiger charge is 2.15. The van der Waals surface area contributed by atoms with E-state index in [9.17, 15) is 9.59 Å². The van der Waals surface area contributed by atoms with Crippen LogP contribution in [0.25, 0.3) is 6.08 Å². The molecule has 7 heteroatoms. The van der Waals surface area contributed by atoms with E-state index in [2.05, 4.69) is 15.9 Å². The van der Waals surface area contributed by atoms with Crippen LogP contribution in [0.1, 0.15) is 29.8 Å². The molecule has 2 aromatic carbocycles. The molecule has 0 aliphatic rings. The molecule has 144 valence electrons. The summed E-state index contributed by atoms with van der Waals surface area (Å²) in [4.78, 5) is 24.1. The highest BCUT2D eigenvalue weighted by atomic mass is 79.9. The first-order valence-electron chi connectivity index (χ1n) is 8.52. The number of nitriles is 1. The van der Waals surface area contributed by atoms with Gasteiger partial charge < -0.3 is 14.2 Å². The van der Waals surface area contributed by atoms with Crippen molar-refractivity contribution in [1.82, 2.24) is 0 Å². The second-order valence-electron chi connectivity index (χ2n) is 5.43. The topological polar surface area (TPSA) is 85.6 Å². The Bertz CT molecular complexity index is 946. The number of hydrogen-bond donors (Lipinski definition) is 0. The summed E-state index contributed by atoms with van der Waals surface area (Å²) < 4.78 is 16.6. The molecule has 0 saturated heterocycles. The average Bonchev–Trinajstić information content (AvgIpc) is 2.68. The summed E-state index contributed by atoms with van der Waals surface area (Å²) in [6, 6.07) is 13.4. The standard InChI is InChI=1S/C21H18BrNO5/c1-3-26-19-11-14(10-16(13-23)20(24)27-4-2)8-9-18(19)28-21(25)15-6-5-7-17(22)12-15/h5-12H,3-4H2,1-2H3. The van der Waals surface area contributed by atoms with Crippen LogP contribution in [0.3, 0.4) is 0 Å². The zero-order valence-electron chi connectivity index (χ0n) is 15.4. The predicted octanol–water partition coefficient (Wildman–Crippen LogP) is 4.54. The maximum absolute atomic E-state index is 12.4. The lowest BCUT2D eigenvalue weighted by Gasteiger charge is -2.12. The minimum absolute atomic E-state index is 0.136. The molecule has 28 heavy (non-hydrogen) atoms. The van der Waals surface area contributed by atoms with Gasteiger partial charge in [-0.1, -0.05) is 28.1 Å². The third-order valence-electron chi connectivity index (χ3n) is 3.46. The van der Waals surface area contributed by atoms with Crippen LogP contribution in [0.15, 0.2) is 52.5 Å². The third-order valence-corrected chi connectivity index (χ3v) is 3.95. The molecular weight excluding hydrogens is 426 g/mol. The summed E-state index contributed by atoms with van der Waals surface area (Å²) in [6.45, 7) is 3.97. The molecule has 6 nitrogen and oxygen atoms in total. The van der Waals surface area contributed by atoms with Crippen LogP contribution < -0.4 is 9.47 Å². The molecule has 0 aromatic heterocycles. The molecule has 0 aliphatic heterocycles. The van der Waals surface area contributed by atoms with E-state index in [0.29, 0.717) is 23.5 Å². The maximum atomic E-state index is 12.4. The van der Waals surface area contributed by atoms with Crippen molar-refractivity contribution in [2.24, 2.45) is 0 Å². The second-order valence-corrected chi connectivity index (χ2v) is 6.35. The van der Waals surface area contributed by atoms with Crippen LogP contribution in [0.2, 0.25) is 0 Å². The zero-order chi connectivity index (χ0) is 20.5. The number of carbonyl (C=O) groups excluding carboxylic acids is 2. The number of ether oxygens (including phenoxy) is 3. The second kappa shape index (κ2) is 10.3. The molecule has 0 aliphatic carbocycles. The number of carbonyl (C=O) groups is 2. The predicted molar refractivity (Wildman–Crippen MR) is 107 cm³/mol. The van der Waals surface area contributed by atoms with Gasteiger partial charge in [-0.3, -0.25) is 0 Å². The van der Waals surface area contributed by atoms with E-state index in [0.717, 1.165) is 4.47 Å². The Balaban J connectivity index is 2.31. The van der Waals surface area contributed by atoms with Crippen LogP contribution in [-0.4, -0.2) is 25.2 Å². The monoisotopic (exact) mass is 443 g/mol. The fourth-order valence-corrected chi connectivity index (χ4v) is 2.65. The van der Waals surface area contributed by atoms with Crippen molar-refractivity contribution in [3.05, 3.63) is 63.6 Å². The number of esters is 2. The van der Waals surface area contributed by atoms with Crippen molar-refractivity contribution >= 4 is 33.9 Å². The van der Waals surface area contributed by atoms with Crippen LogP contribution >= 0.6 is 15.9 Å². The van der Waals surface area contributed by atoms with Gasteiger partial charge in [0.05, 0.1) is 18.8 Å². The smallest absolute Gasteiger partial charge is 0.348 e. The highest BCUT2D eigenvalue weighted by molar-refractivity contribution is 9.10. The Morgan fingerprint density at radius 1 is 1.11 bits per heavy atom. The lowest BCUT2D eigenvalue weighted by Crippen LogP contribution is -2.10. The largest absolute Gasteiger partial charge is 0.490 e. The minimum Gasteiger partial charge on any atom is -0.490 e. The van der Waals surface area contributed by atoms with Gasteiger partial charge in [-0.15, -0.1) is 0 Å². The van der Waals surface area contributed by atoms with Gasteiger partial charge in [-0.25, -0.2) is 9.59 Å². The molecular formula is C21H18BrNO5. The van der Waals surface area contributed by atoms with Gasteiger partial charge in [-0.2, -0.15) is 5.26 Å². The number of nitrogens with zero attached hydrogens (tertiary/aromatic N) is 1. The van der Waals surface area contributed by atoms with Crippen LogP contribution in [0.4, 0.5) is 0 Å². The summed E-state index contributed by atoms with van der Waals surface area (Å²) >= 11 is 3.31. The average molecular weight is 444 g/mol. The Labute approximate surface area is 171 Å². The molecule has 2 aromatic rings.